The highest BCUT2D eigenvalue weighted by Crippen LogP contribution is 2.44. The fraction of sp³-hybridized carbons (Fsp3) is 0.448. The van der Waals surface area contributed by atoms with Crippen molar-refractivity contribution >= 4 is 29.6 Å². The average molecular weight is 551 g/mol. The number of halogens is 1. The molecule has 10 nitrogen and oxygen atoms in total. The molecule has 2 aliphatic heterocycles. The maximum absolute atomic E-state index is 13.9. The standard InChI is InChI=1S/C29H31FN4O6/c1-31-27(37)32-21-7-10-23-18(14-21)3-2-12-29(23)26(36)34(28(38)40-29)16-24(35)33-15-19-4-6-20(30)13-17(19)5-11-25(33)39-22-8-9-22/h4,6-7,10,13-14,22,25H,2-3,5,8-9,11-12,15-16H2,1H3,(H2,31,32,37). The van der Waals surface area contributed by atoms with E-state index in [2.05, 4.69) is 10.6 Å². The van der Waals surface area contributed by atoms with Crippen LogP contribution < -0.4 is 10.6 Å². The number of anilines is 1. The lowest BCUT2D eigenvalue weighted by atomic mass is 9.78. The third kappa shape index (κ3) is 4.78. The summed E-state index contributed by atoms with van der Waals surface area (Å²) in [5.41, 5.74) is 2.04. The summed E-state index contributed by atoms with van der Waals surface area (Å²) in [6.45, 7) is -0.288. The number of carbonyl (C=O) groups excluding carboxylic acids is 4. The molecule has 0 aromatic heterocycles. The topological polar surface area (TPSA) is 117 Å². The second-order valence-corrected chi connectivity index (χ2v) is 10.8. The fourth-order valence-corrected chi connectivity index (χ4v) is 5.89. The van der Waals surface area contributed by atoms with Gasteiger partial charge in [0, 0.05) is 31.3 Å². The summed E-state index contributed by atoms with van der Waals surface area (Å²) >= 11 is 0. The van der Waals surface area contributed by atoms with Gasteiger partial charge in [-0.2, -0.15) is 0 Å². The van der Waals surface area contributed by atoms with Crippen LogP contribution in [-0.4, -0.2) is 59.7 Å². The zero-order chi connectivity index (χ0) is 28.0. The summed E-state index contributed by atoms with van der Waals surface area (Å²) < 4.78 is 25.8. The van der Waals surface area contributed by atoms with E-state index < -0.39 is 36.3 Å². The quantitative estimate of drug-likeness (QED) is 0.588. The number of nitrogens with one attached hydrogen (secondary N) is 2. The van der Waals surface area contributed by atoms with Gasteiger partial charge in [-0.15, -0.1) is 0 Å². The van der Waals surface area contributed by atoms with Crippen molar-refractivity contribution in [1.82, 2.24) is 15.1 Å². The van der Waals surface area contributed by atoms with Crippen molar-refractivity contribution in [2.24, 2.45) is 0 Å². The number of benzene rings is 2. The molecule has 2 aromatic carbocycles. The number of imide groups is 1. The molecule has 4 aliphatic rings. The van der Waals surface area contributed by atoms with Gasteiger partial charge in [0.15, 0.2) is 0 Å². The van der Waals surface area contributed by atoms with Crippen molar-refractivity contribution in [3.8, 4) is 0 Å². The van der Waals surface area contributed by atoms with Gasteiger partial charge in [-0.05, 0) is 79.5 Å². The largest absolute Gasteiger partial charge is 0.427 e. The first-order valence-corrected chi connectivity index (χ1v) is 13.7. The zero-order valence-corrected chi connectivity index (χ0v) is 22.2. The number of amides is 5. The maximum Gasteiger partial charge on any atom is 0.418 e. The molecule has 2 heterocycles. The molecule has 5 amide bonds. The van der Waals surface area contributed by atoms with Gasteiger partial charge in [-0.3, -0.25) is 9.59 Å². The monoisotopic (exact) mass is 550 g/mol. The van der Waals surface area contributed by atoms with E-state index in [1.54, 1.807) is 29.2 Å². The Hall–Kier alpha value is -3.99. The molecule has 1 saturated carbocycles. The lowest BCUT2D eigenvalue weighted by Crippen LogP contribution is -2.48. The summed E-state index contributed by atoms with van der Waals surface area (Å²) in [7, 11) is 1.51. The average Bonchev–Trinajstić information content (AvgIpc) is 3.75. The minimum Gasteiger partial charge on any atom is -0.427 e. The van der Waals surface area contributed by atoms with Crippen LogP contribution in [0.3, 0.4) is 0 Å². The van der Waals surface area contributed by atoms with Gasteiger partial charge in [0.1, 0.15) is 18.6 Å². The number of nitrogens with zero attached hydrogens (tertiary/aromatic N) is 2. The summed E-state index contributed by atoms with van der Waals surface area (Å²) in [6, 6.07) is 9.28. The van der Waals surface area contributed by atoms with E-state index in [0.717, 1.165) is 34.4 Å². The van der Waals surface area contributed by atoms with Crippen LogP contribution in [0.2, 0.25) is 0 Å². The van der Waals surface area contributed by atoms with E-state index in [1.807, 2.05) is 0 Å². The predicted octanol–water partition coefficient (Wildman–Crippen LogP) is 3.57. The Labute approximate surface area is 230 Å². The number of ether oxygens (including phenoxy) is 2. The highest BCUT2D eigenvalue weighted by molar-refractivity contribution is 6.06. The molecule has 1 spiro atoms. The smallest absolute Gasteiger partial charge is 0.418 e. The lowest BCUT2D eigenvalue weighted by Gasteiger charge is -2.33. The summed E-state index contributed by atoms with van der Waals surface area (Å²) in [6.07, 6.45) is 3.08. The molecule has 6 rings (SSSR count). The van der Waals surface area contributed by atoms with Crippen molar-refractivity contribution in [1.29, 1.82) is 0 Å². The van der Waals surface area contributed by atoms with Gasteiger partial charge in [0.05, 0.1) is 6.10 Å². The molecule has 2 unspecified atom stereocenters. The molecule has 210 valence electrons. The lowest BCUT2D eigenvalue weighted by molar-refractivity contribution is -0.153. The van der Waals surface area contributed by atoms with Crippen LogP contribution in [0.25, 0.3) is 0 Å². The SMILES string of the molecule is CNC(=O)Nc1ccc2c(c1)CCCC21OC(=O)N(CC(=O)N2Cc3ccc(F)cc3CCC2OC2CC2)C1=O. The number of fused-ring (bicyclic) bond motifs is 3. The zero-order valence-electron chi connectivity index (χ0n) is 22.2. The van der Waals surface area contributed by atoms with Crippen molar-refractivity contribution in [2.75, 3.05) is 18.9 Å². The Morgan fingerprint density at radius 1 is 1.07 bits per heavy atom. The van der Waals surface area contributed by atoms with Gasteiger partial charge >= 0.3 is 12.1 Å². The number of aryl methyl sites for hydroxylation is 2. The molecule has 0 bridgehead atoms. The van der Waals surface area contributed by atoms with Crippen LogP contribution in [0.5, 0.6) is 0 Å². The van der Waals surface area contributed by atoms with Crippen LogP contribution in [-0.2, 0) is 44.1 Å². The van der Waals surface area contributed by atoms with Crippen molar-refractivity contribution in [3.05, 3.63) is 64.5 Å². The first-order valence-electron chi connectivity index (χ1n) is 13.7. The van der Waals surface area contributed by atoms with Gasteiger partial charge in [-0.1, -0.05) is 12.1 Å². The highest BCUT2D eigenvalue weighted by atomic mass is 19.1. The first kappa shape index (κ1) is 26.2. The van der Waals surface area contributed by atoms with Gasteiger partial charge in [0.25, 0.3) is 5.91 Å². The van der Waals surface area contributed by atoms with E-state index in [4.69, 9.17) is 9.47 Å². The molecule has 2 N–H and O–H groups in total. The molecule has 2 fully saturated rings. The van der Waals surface area contributed by atoms with E-state index >= 15 is 0 Å². The Bertz CT molecular complexity index is 1390. The number of rotatable bonds is 5. The number of hydrogen-bond donors (Lipinski definition) is 2. The second kappa shape index (κ2) is 10.2. The summed E-state index contributed by atoms with van der Waals surface area (Å²) in [5.74, 6) is -1.35. The molecule has 0 radical (unpaired) electrons. The van der Waals surface area contributed by atoms with Crippen LogP contribution in [0.4, 0.5) is 19.7 Å². The van der Waals surface area contributed by atoms with Gasteiger partial charge < -0.3 is 25.0 Å². The van der Waals surface area contributed by atoms with Crippen LogP contribution >= 0.6 is 0 Å². The maximum atomic E-state index is 13.9. The molecular weight excluding hydrogens is 519 g/mol. The van der Waals surface area contributed by atoms with Crippen LogP contribution in [0, 0.1) is 5.82 Å². The van der Waals surface area contributed by atoms with E-state index in [1.165, 1.54) is 19.2 Å². The molecule has 1 saturated heterocycles. The van der Waals surface area contributed by atoms with Crippen molar-refractivity contribution in [2.45, 2.75) is 69.4 Å². The highest BCUT2D eigenvalue weighted by Gasteiger charge is 2.57. The molecule has 40 heavy (non-hydrogen) atoms. The second-order valence-electron chi connectivity index (χ2n) is 10.8. The molecule has 2 aromatic rings. The van der Waals surface area contributed by atoms with Crippen LogP contribution in [0.15, 0.2) is 36.4 Å². The van der Waals surface area contributed by atoms with Crippen molar-refractivity contribution in [3.63, 3.8) is 0 Å². The summed E-state index contributed by atoms with van der Waals surface area (Å²) in [5, 5.41) is 5.21. The Kier molecular flexibility index (Phi) is 6.69. The molecule has 2 atom stereocenters. The van der Waals surface area contributed by atoms with Crippen LogP contribution in [0.1, 0.15) is 54.4 Å². The minimum atomic E-state index is -1.51. The van der Waals surface area contributed by atoms with Gasteiger partial charge in [-0.25, -0.2) is 18.9 Å². The Morgan fingerprint density at radius 3 is 2.67 bits per heavy atom. The first-order chi connectivity index (χ1) is 19.3. The normalized spacial score (nSPS) is 23.8. The minimum absolute atomic E-state index is 0.0708. The molecule has 11 heteroatoms. The molecule has 2 aliphatic carbocycles. The van der Waals surface area contributed by atoms with Crippen molar-refractivity contribution < 1.29 is 33.0 Å². The number of carbonyl (C=O) groups is 4. The number of hydrogen-bond acceptors (Lipinski definition) is 6. The number of urea groups is 1. The van der Waals surface area contributed by atoms with E-state index in [0.29, 0.717) is 43.4 Å². The van der Waals surface area contributed by atoms with E-state index in [9.17, 15) is 23.6 Å². The van der Waals surface area contributed by atoms with Gasteiger partial charge in [0.2, 0.25) is 11.5 Å². The van der Waals surface area contributed by atoms with E-state index in [-0.39, 0.29) is 24.5 Å². The third-order valence-corrected chi connectivity index (χ3v) is 8.08. The third-order valence-electron chi connectivity index (χ3n) is 8.08. The Balaban J connectivity index is 1.24. The molecular formula is C29H31FN4O6. The predicted molar refractivity (Wildman–Crippen MR) is 140 cm³/mol. The fourth-order valence-electron chi connectivity index (χ4n) is 5.89. The summed E-state index contributed by atoms with van der Waals surface area (Å²) in [4.78, 5) is 54.8. The Morgan fingerprint density at radius 2 is 1.90 bits per heavy atom.